The first-order chi connectivity index (χ1) is 12.0. The Morgan fingerprint density at radius 3 is 2.32 bits per heavy atom. The van der Waals surface area contributed by atoms with Crippen molar-refractivity contribution in [2.75, 3.05) is 31.1 Å². The van der Waals surface area contributed by atoms with Gasteiger partial charge >= 0.3 is 0 Å². The number of hydrogen-bond acceptors (Lipinski definition) is 5. The maximum Gasteiger partial charge on any atom is 0.298 e. The van der Waals surface area contributed by atoms with Crippen LogP contribution >= 0.6 is 0 Å². The minimum absolute atomic E-state index is 0.341. The Hall–Kier alpha value is -2.38. The van der Waals surface area contributed by atoms with Gasteiger partial charge in [-0.1, -0.05) is 29.8 Å². The van der Waals surface area contributed by atoms with Crippen LogP contribution < -0.4 is 4.90 Å². The van der Waals surface area contributed by atoms with E-state index in [0.717, 1.165) is 16.7 Å². The molecule has 1 aromatic heterocycles. The van der Waals surface area contributed by atoms with Crippen molar-refractivity contribution in [2.45, 2.75) is 11.8 Å². The predicted molar refractivity (Wildman–Crippen MR) is 96.2 cm³/mol. The third-order valence-corrected chi connectivity index (χ3v) is 6.36. The van der Waals surface area contributed by atoms with E-state index in [-0.39, 0.29) is 0 Å². The summed E-state index contributed by atoms with van der Waals surface area (Å²) in [6.45, 7) is 3.87. The van der Waals surface area contributed by atoms with E-state index < -0.39 is 10.0 Å². The Morgan fingerprint density at radius 1 is 0.960 bits per heavy atom. The fourth-order valence-electron chi connectivity index (χ4n) is 2.97. The molecule has 4 rings (SSSR count). The molecule has 1 saturated heterocycles. The Morgan fingerprint density at radius 2 is 1.64 bits per heavy atom. The zero-order chi connectivity index (χ0) is 17.4. The molecule has 2 heterocycles. The van der Waals surface area contributed by atoms with Gasteiger partial charge in [0.1, 0.15) is 5.52 Å². The van der Waals surface area contributed by atoms with Crippen LogP contribution in [0.15, 0.2) is 57.8 Å². The van der Waals surface area contributed by atoms with Crippen LogP contribution in [0.1, 0.15) is 5.56 Å². The molecule has 0 bridgehead atoms. The topological polar surface area (TPSA) is 66.7 Å². The molecule has 3 aromatic rings. The van der Waals surface area contributed by atoms with E-state index in [0.29, 0.717) is 37.1 Å². The first-order valence-electron chi connectivity index (χ1n) is 8.21. The second-order valence-corrected chi connectivity index (χ2v) is 8.11. The monoisotopic (exact) mass is 357 g/mol. The summed E-state index contributed by atoms with van der Waals surface area (Å²) < 4.78 is 32.8. The minimum Gasteiger partial charge on any atom is -0.423 e. The van der Waals surface area contributed by atoms with Gasteiger partial charge in [-0.3, -0.25) is 0 Å². The lowest BCUT2D eigenvalue weighted by Gasteiger charge is -2.33. The number of anilines is 1. The number of benzene rings is 2. The summed E-state index contributed by atoms with van der Waals surface area (Å²) in [4.78, 5) is 6.81. The number of piperazine rings is 1. The zero-order valence-corrected chi connectivity index (χ0v) is 14.7. The molecule has 0 radical (unpaired) electrons. The number of aryl methyl sites for hydroxylation is 1. The second-order valence-electron chi connectivity index (χ2n) is 6.17. The van der Waals surface area contributed by atoms with Gasteiger partial charge in [-0.2, -0.15) is 9.29 Å². The highest BCUT2D eigenvalue weighted by atomic mass is 32.2. The maximum absolute atomic E-state index is 12.8. The first kappa shape index (κ1) is 16.1. The van der Waals surface area contributed by atoms with Gasteiger partial charge in [0.2, 0.25) is 10.0 Å². The quantitative estimate of drug-likeness (QED) is 0.721. The van der Waals surface area contributed by atoms with E-state index in [9.17, 15) is 8.42 Å². The van der Waals surface area contributed by atoms with Gasteiger partial charge in [0.15, 0.2) is 5.58 Å². The molecule has 130 valence electrons. The van der Waals surface area contributed by atoms with Crippen LogP contribution in [0.2, 0.25) is 0 Å². The van der Waals surface area contributed by atoms with E-state index in [1.54, 1.807) is 12.1 Å². The van der Waals surface area contributed by atoms with E-state index in [4.69, 9.17) is 4.42 Å². The molecular weight excluding hydrogens is 338 g/mol. The summed E-state index contributed by atoms with van der Waals surface area (Å²) in [5, 5.41) is 0. The number of fused-ring (bicyclic) bond motifs is 1. The highest BCUT2D eigenvalue weighted by molar-refractivity contribution is 7.89. The molecule has 0 atom stereocenters. The van der Waals surface area contributed by atoms with Gasteiger partial charge in [0, 0.05) is 26.2 Å². The van der Waals surface area contributed by atoms with Crippen LogP contribution in [0, 0.1) is 6.92 Å². The Balaban J connectivity index is 1.50. The molecule has 25 heavy (non-hydrogen) atoms. The third kappa shape index (κ3) is 3.01. The first-order valence-corrected chi connectivity index (χ1v) is 9.65. The van der Waals surface area contributed by atoms with Gasteiger partial charge in [-0.15, -0.1) is 0 Å². The number of rotatable bonds is 3. The minimum atomic E-state index is -3.45. The Kier molecular flexibility index (Phi) is 3.97. The number of para-hydroxylation sites is 2. The predicted octanol–water partition coefficient (Wildman–Crippen LogP) is 2.65. The fourth-order valence-corrected chi connectivity index (χ4v) is 4.40. The average molecular weight is 357 g/mol. The molecule has 0 N–H and O–H groups in total. The molecule has 0 saturated carbocycles. The van der Waals surface area contributed by atoms with Crippen molar-refractivity contribution in [1.29, 1.82) is 0 Å². The largest absolute Gasteiger partial charge is 0.423 e. The van der Waals surface area contributed by atoms with Gasteiger partial charge in [-0.25, -0.2) is 8.42 Å². The van der Waals surface area contributed by atoms with Crippen molar-refractivity contribution in [3.8, 4) is 0 Å². The number of sulfonamides is 1. The zero-order valence-electron chi connectivity index (χ0n) is 13.9. The smallest absolute Gasteiger partial charge is 0.298 e. The fraction of sp³-hybridized carbons (Fsp3) is 0.278. The van der Waals surface area contributed by atoms with Crippen molar-refractivity contribution in [1.82, 2.24) is 9.29 Å². The summed E-state index contributed by atoms with van der Waals surface area (Å²) in [6.07, 6.45) is 0. The third-order valence-electron chi connectivity index (χ3n) is 4.45. The normalized spacial score (nSPS) is 16.4. The highest BCUT2D eigenvalue weighted by Gasteiger charge is 2.29. The number of nitrogens with zero attached hydrogens (tertiary/aromatic N) is 3. The highest BCUT2D eigenvalue weighted by Crippen LogP contribution is 2.24. The molecule has 7 heteroatoms. The SMILES string of the molecule is Cc1ccc(S(=O)(=O)N2CCN(c3nc4ccccc4o3)CC2)cc1. The van der Waals surface area contributed by atoms with Gasteiger partial charge in [0.25, 0.3) is 6.01 Å². The molecule has 6 nitrogen and oxygen atoms in total. The summed E-state index contributed by atoms with van der Waals surface area (Å²) in [7, 11) is -3.45. The van der Waals surface area contributed by atoms with Gasteiger partial charge < -0.3 is 9.32 Å². The number of hydrogen-bond donors (Lipinski definition) is 0. The van der Waals surface area contributed by atoms with E-state index in [1.807, 2.05) is 48.2 Å². The van der Waals surface area contributed by atoms with Gasteiger partial charge in [-0.05, 0) is 31.2 Å². The van der Waals surface area contributed by atoms with Crippen molar-refractivity contribution < 1.29 is 12.8 Å². The van der Waals surface area contributed by atoms with Crippen LogP contribution in [-0.4, -0.2) is 43.9 Å². The van der Waals surface area contributed by atoms with Gasteiger partial charge in [0.05, 0.1) is 4.90 Å². The van der Waals surface area contributed by atoms with Crippen molar-refractivity contribution in [3.05, 3.63) is 54.1 Å². The molecule has 0 amide bonds. The summed E-state index contributed by atoms with van der Waals surface area (Å²) in [6, 6.07) is 15.1. The van der Waals surface area contributed by atoms with E-state index >= 15 is 0 Å². The molecule has 0 aliphatic carbocycles. The van der Waals surface area contributed by atoms with Crippen LogP contribution in [-0.2, 0) is 10.0 Å². The van der Waals surface area contributed by atoms with Crippen LogP contribution in [0.4, 0.5) is 6.01 Å². The average Bonchev–Trinajstić information content (AvgIpc) is 3.06. The lowest BCUT2D eigenvalue weighted by molar-refractivity contribution is 0.373. The summed E-state index contributed by atoms with van der Waals surface area (Å²) in [5.41, 5.74) is 2.60. The summed E-state index contributed by atoms with van der Waals surface area (Å²) in [5.74, 6) is 0. The molecule has 2 aromatic carbocycles. The standard InChI is InChI=1S/C18H19N3O3S/c1-14-6-8-15(9-7-14)25(22,23)21-12-10-20(11-13-21)18-19-16-4-2-3-5-17(16)24-18/h2-9H,10-13H2,1H3. The lowest BCUT2D eigenvalue weighted by atomic mass is 10.2. The Bertz CT molecular complexity index is 955. The van der Waals surface area contributed by atoms with E-state index in [2.05, 4.69) is 4.98 Å². The van der Waals surface area contributed by atoms with Crippen LogP contribution in [0.3, 0.4) is 0 Å². The summed E-state index contributed by atoms with van der Waals surface area (Å²) >= 11 is 0. The molecule has 1 aliphatic heterocycles. The lowest BCUT2D eigenvalue weighted by Crippen LogP contribution is -2.48. The number of oxazole rings is 1. The molecule has 0 unspecified atom stereocenters. The maximum atomic E-state index is 12.8. The van der Waals surface area contributed by atoms with Crippen LogP contribution in [0.5, 0.6) is 0 Å². The second kappa shape index (κ2) is 6.16. The van der Waals surface area contributed by atoms with Crippen molar-refractivity contribution in [2.24, 2.45) is 0 Å². The van der Waals surface area contributed by atoms with Crippen molar-refractivity contribution in [3.63, 3.8) is 0 Å². The number of aromatic nitrogens is 1. The van der Waals surface area contributed by atoms with Crippen LogP contribution in [0.25, 0.3) is 11.1 Å². The van der Waals surface area contributed by atoms with E-state index in [1.165, 1.54) is 4.31 Å². The molecular formula is C18H19N3O3S. The van der Waals surface area contributed by atoms with Crippen molar-refractivity contribution >= 4 is 27.1 Å². The molecule has 0 spiro atoms. The molecule has 1 fully saturated rings. The molecule has 1 aliphatic rings. The Labute approximate surface area is 146 Å².